The third-order valence-corrected chi connectivity index (χ3v) is 3.93. The molecule has 0 bridgehead atoms. The number of piperidine rings is 1. The molecule has 0 aliphatic carbocycles. The average Bonchev–Trinajstić information content (AvgIpc) is 2.24. The third kappa shape index (κ3) is 3.96. The van der Waals surface area contributed by atoms with Gasteiger partial charge in [0.1, 0.15) is 5.54 Å². The van der Waals surface area contributed by atoms with Gasteiger partial charge >= 0.3 is 5.97 Å². The summed E-state index contributed by atoms with van der Waals surface area (Å²) in [4.78, 5) is 13.6. The number of carboxylic acids is 1. The van der Waals surface area contributed by atoms with Crippen molar-refractivity contribution in [3.05, 3.63) is 0 Å². The van der Waals surface area contributed by atoms with E-state index >= 15 is 0 Å². The molecule has 0 aromatic rings. The highest BCUT2D eigenvalue weighted by Crippen LogP contribution is 2.28. The van der Waals surface area contributed by atoms with E-state index in [2.05, 4.69) is 24.1 Å². The smallest absolute Gasteiger partial charge is 0.323 e. The maximum Gasteiger partial charge on any atom is 0.323 e. The number of rotatable bonds is 5. The minimum atomic E-state index is -0.804. The zero-order valence-corrected chi connectivity index (χ0v) is 11.5. The minimum Gasteiger partial charge on any atom is -0.480 e. The molecule has 0 aromatic carbocycles. The van der Waals surface area contributed by atoms with E-state index in [4.69, 9.17) is 0 Å². The summed E-state index contributed by atoms with van der Waals surface area (Å²) in [5.41, 5.74) is -0.431. The van der Waals surface area contributed by atoms with Gasteiger partial charge in [0.15, 0.2) is 0 Å². The van der Waals surface area contributed by atoms with Crippen molar-refractivity contribution in [2.75, 3.05) is 26.7 Å². The predicted molar refractivity (Wildman–Crippen MR) is 69.2 cm³/mol. The highest BCUT2D eigenvalue weighted by Gasteiger charge is 2.33. The molecule has 1 unspecified atom stereocenters. The first-order valence-corrected chi connectivity index (χ1v) is 6.44. The van der Waals surface area contributed by atoms with Crippen molar-refractivity contribution >= 4 is 5.97 Å². The molecule has 1 heterocycles. The lowest BCUT2D eigenvalue weighted by atomic mass is 9.84. The van der Waals surface area contributed by atoms with Crippen molar-refractivity contribution in [2.45, 2.75) is 45.6 Å². The van der Waals surface area contributed by atoms with Gasteiger partial charge in [0.25, 0.3) is 0 Å². The molecule has 0 radical (unpaired) electrons. The Morgan fingerprint density at radius 2 is 2.18 bits per heavy atom. The van der Waals surface area contributed by atoms with Crippen molar-refractivity contribution < 1.29 is 9.90 Å². The van der Waals surface area contributed by atoms with Crippen LogP contribution in [0.5, 0.6) is 0 Å². The first kappa shape index (κ1) is 14.5. The number of carbonyl (C=O) groups is 1. The molecule has 4 nitrogen and oxygen atoms in total. The van der Waals surface area contributed by atoms with Gasteiger partial charge in [-0.3, -0.25) is 4.79 Å². The lowest BCUT2D eigenvalue weighted by Crippen LogP contribution is -2.51. The van der Waals surface area contributed by atoms with Gasteiger partial charge in [-0.1, -0.05) is 13.8 Å². The van der Waals surface area contributed by atoms with E-state index in [0.717, 1.165) is 19.6 Å². The van der Waals surface area contributed by atoms with Crippen molar-refractivity contribution in [2.24, 2.45) is 5.41 Å². The number of aliphatic carboxylic acids is 1. The fourth-order valence-corrected chi connectivity index (χ4v) is 2.46. The second-order valence-corrected chi connectivity index (χ2v) is 6.18. The van der Waals surface area contributed by atoms with E-state index in [0.29, 0.717) is 11.8 Å². The average molecular weight is 242 g/mol. The van der Waals surface area contributed by atoms with Crippen LogP contribution in [0.3, 0.4) is 0 Å². The standard InChI is InChI=1S/C13H26N2O2/c1-12(2)6-5-8-15(10-12)9-7-13(3,14-4)11(16)17/h14H,5-10H2,1-4H3,(H,16,17). The number of nitrogens with zero attached hydrogens (tertiary/aromatic N) is 1. The summed E-state index contributed by atoms with van der Waals surface area (Å²) in [6, 6.07) is 0. The van der Waals surface area contributed by atoms with Crippen LogP contribution in [0.1, 0.15) is 40.0 Å². The van der Waals surface area contributed by atoms with E-state index in [9.17, 15) is 9.90 Å². The Kier molecular flexibility index (Phi) is 4.55. The molecule has 17 heavy (non-hydrogen) atoms. The molecule has 0 aromatic heterocycles. The topological polar surface area (TPSA) is 52.6 Å². The Morgan fingerprint density at radius 3 is 2.65 bits per heavy atom. The summed E-state index contributed by atoms with van der Waals surface area (Å²) in [6.07, 6.45) is 3.14. The SMILES string of the molecule is CNC(C)(CCN1CCCC(C)(C)C1)C(=O)O. The van der Waals surface area contributed by atoms with Gasteiger partial charge in [-0.05, 0) is 45.2 Å². The van der Waals surface area contributed by atoms with Crippen LogP contribution in [0.2, 0.25) is 0 Å². The number of likely N-dealkylation sites (tertiary alicyclic amines) is 1. The number of likely N-dealkylation sites (N-methyl/N-ethyl adjacent to an activating group) is 1. The second kappa shape index (κ2) is 5.36. The quantitative estimate of drug-likeness (QED) is 0.768. The fourth-order valence-electron chi connectivity index (χ4n) is 2.46. The van der Waals surface area contributed by atoms with Crippen LogP contribution in [-0.2, 0) is 4.79 Å². The highest BCUT2D eigenvalue weighted by molar-refractivity contribution is 5.78. The molecule has 0 amide bonds. The van der Waals surface area contributed by atoms with Crippen LogP contribution in [0, 0.1) is 5.41 Å². The van der Waals surface area contributed by atoms with Crippen molar-refractivity contribution in [1.29, 1.82) is 0 Å². The van der Waals surface area contributed by atoms with Crippen LogP contribution in [0.4, 0.5) is 0 Å². The van der Waals surface area contributed by atoms with Gasteiger partial charge in [0, 0.05) is 13.1 Å². The van der Waals surface area contributed by atoms with E-state index in [-0.39, 0.29) is 0 Å². The van der Waals surface area contributed by atoms with Crippen molar-refractivity contribution in [3.8, 4) is 0 Å². The van der Waals surface area contributed by atoms with Gasteiger partial charge in [0.2, 0.25) is 0 Å². The van der Waals surface area contributed by atoms with Gasteiger partial charge < -0.3 is 15.3 Å². The summed E-state index contributed by atoms with van der Waals surface area (Å²) in [6.45, 7) is 9.36. The molecule has 2 N–H and O–H groups in total. The summed E-state index contributed by atoms with van der Waals surface area (Å²) >= 11 is 0. The van der Waals surface area contributed by atoms with Gasteiger partial charge in [-0.15, -0.1) is 0 Å². The zero-order chi connectivity index (χ0) is 13.1. The first-order valence-electron chi connectivity index (χ1n) is 6.44. The Bertz CT molecular complexity index is 279. The fraction of sp³-hybridized carbons (Fsp3) is 0.923. The molecule has 1 fully saturated rings. The van der Waals surface area contributed by atoms with Crippen LogP contribution < -0.4 is 5.32 Å². The van der Waals surface area contributed by atoms with E-state index in [1.165, 1.54) is 12.8 Å². The molecule has 4 heteroatoms. The lowest BCUT2D eigenvalue weighted by molar-refractivity contribution is -0.144. The monoisotopic (exact) mass is 242 g/mol. The molecule has 1 atom stereocenters. The number of hydrogen-bond donors (Lipinski definition) is 2. The van der Waals surface area contributed by atoms with E-state index in [1.54, 1.807) is 14.0 Å². The molecule has 1 aliphatic heterocycles. The Hall–Kier alpha value is -0.610. The van der Waals surface area contributed by atoms with Crippen LogP contribution in [0.15, 0.2) is 0 Å². The molecule has 1 saturated heterocycles. The largest absolute Gasteiger partial charge is 0.480 e. The first-order chi connectivity index (χ1) is 7.79. The summed E-state index contributed by atoms with van der Waals surface area (Å²) < 4.78 is 0. The molecular formula is C13H26N2O2. The second-order valence-electron chi connectivity index (χ2n) is 6.18. The normalized spacial score (nSPS) is 24.2. The lowest BCUT2D eigenvalue weighted by Gasteiger charge is -2.39. The molecule has 1 rings (SSSR count). The van der Waals surface area contributed by atoms with Crippen LogP contribution in [0.25, 0.3) is 0 Å². The minimum absolute atomic E-state index is 0.373. The van der Waals surface area contributed by atoms with E-state index in [1.807, 2.05) is 0 Å². The molecule has 1 aliphatic rings. The highest BCUT2D eigenvalue weighted by atomic mass is 16.4. The summed E-state index contributed by atoms with van der Waals surface area (Å²) in [7, 11) is 1.72. The zero-order valence-electron chi connectivity index (χ0n) is 11.5. The van der Waals surface area contributed by atoms with Crippen molar-refractivity contribution in [3.63, 3.8) is 0 Å². The maximum atomic E-state index is 11.2. The Balaban J connectivity index is 2.47. The predicted octanol–water partition coefficient (Wildman–Crippen LogP) is 1.56. The van der Waals surface area contributed by atoms with E-state index < -0.39 is 11.5 Å². The van der Waals surface area contributed by atoms with Crippen LogP contribution >= 0.6 is 0 Å². The van der Waals surface area contributed by atoms with Crippen LogP contribution in [-0.4, -0.2) is 48.2 Å². The molecule has 0 saturated carbocycles. The molecule has 100 valence electrons. The summed E-state index contributed by atoms with van der Waals surface area (Å²) in [5, 5.41) is 12.1. The summed E-state index contributed by atoms with van der Waals surface area (Å²) in [5.74, 6) is -0.767. The van der Waals surface area contributed by atoms with Gasteiger partial charge in [-0.25, -0.2) is 0 Å². The Labute approximate surface area is 104 Å². The van der Waals surface area contributed by atoms with Crippen molar-refractivity contribution in [1.82, 2.24) is 10.2 Å². The Morgan fingerprint density at radius 1 is 1.53 bits per heavy atom. The maximum absolute atomic E-state index is 11.2. The third-order valence-electron chi connectivity index (χ3n) is 3.93. The molecular weight excluding hydrogens is 216 g/mol. The van der Waals surface area contributed by atoms with Gasteiger partial charge in [0.05, 0.1) is 0 Å². The molecule has 0 spiro atoms. The van der Waals surface area contributed by atoms with Gasteiger partial charge in [-0.2, -0.15) is 0 Å². The number of carboxylic acid groups (broad SMARTS) is 1. The number of nitrogens with one attached hydrogen (secondary N) is 1. The number of hydrogen-bond acceptors (Lipinski definition) is 3.